The first-order valence-corrected chi connectivity index (χ1v) is 8.79. The number of carbonyl (C=O) groups is 1. The standard InChI is InChI=1S/C19H27NO2/c1-2-3-10-15-13-17(16-11-7-12-18(16)22-15)20-19(21)14-8-5-4-6-9-14/h4-6,8-9,15-18H,2-3,7,10-13H2,1H3,(H,20,21)/t15-,16-,17+,18+/m0/s1. The van der Waals surface area contributed by atoms with Crippen LogP contribution in [0.2, 0.25) is 0 Å². The van der Waals surface area contributed by atoms with Gasteiger partial charge < -0.3 is 10.1 Å². The van der Waals surface area contributed by atoms with Crippen LogP contribution in [-0.2, 0) is 4.74 Å². The van der Waals surface area contributed by atoms with Crippen LogP contribution in [0.1, 0.15) is 62.2 Å². The van der Waals surface area contributed by atoms with Crippen LogP contribution in [0.5, 0.6) is 0 Å². The van der Waals surface area contributed by atoms with Crippen LogP contribution in [0, 0.1) is 5.92 Å². The summed E-state index contributed by atoms with van der Waals surface area (Å²) in [5.74, 6) is 0.568. The minimum Gasteiger partial charge on any atom is -0.375 e. The lowest BCUT2D eigenvalue weighted by Gasteiger charge is -2.39. The minimum absolute atomic E-state index is 0.0624. The summed E-state index contributed by atoms with van der Waals surface area (Å²) < 4.78 is 6.28. The Labute approximate surface area is 133 Å². The molecule has 0 spiro atoms. The molecule has 0 unspecified atom stereocenters. The molecule has 0 radical (unpaired) electrons. The maximum Gasteiger partial charge on any atom is 0.251 e. The van der Waals surface area contributed by atoms with E-state index in [0.29, 0.717) is 18.1 Å². The summed E-state index contributed by atoms with van der Waals surface area (Å²) >= 11 is 0. The van der Waals surface area contributed by atoms with Gasteiger partial charge in [0.15, 0.2) is 0 Å². The number of benzene rings is 1. The van der Waals surface area contributed by atoms with Crippen LogP contribution in [0.3, 0.4) is 0 Å². The number of unbranched alkanes of at least 4 members (excludes halogenated alkanes) is 1. The van der Waals surface area contributed by atoms with Gasteiger partial charge in [0.05, 0.1) is 12.2 Å². The predicted octanol–water partition coefficient (Wildman–Crippen LogP) is 3.93. The van der Waals surface area contributed by atoms with Gasteiger partial charge in [0.1, 0.15) is 0 Å². The van der Waals surface area contributed by atoms with E-state index in [0.717, 1.165) is 24.8 Å². The first-order chi connectivity index (χ1) is 10.8. The third-order valence-corrected chi connectivity index (χ3v) is 5.14. The van der Waals surface area contributed by atoms with Crippen molar-refractivity contribution >= 4 is 5.91 Å². The highest BCUT2D eigenvalue weighted by molar-refractivity contribution is 5.94. The van der Waals surface area contributed by atoms with Gasteiger partial charge in [-0.3, -0.25) is 4.79 Å². The lowest BCUT2D eigenvalue weighted by molar-refractivity contribution is -0.0857. The van der Waals surface area contributed by atoms with Gasteiger partial charge in [-0.2, -0.15) is 0 Å². The molecular weight excluding hydrogens is 274 g/mol. The van der Waals surface area contributed by atoms with Crippen LogP contribution in [0.15, 0.2) is 30.3 Å². The Morgan fingerprint density at radius 2 is 2.09 bits per heavy atom. The Bertz CT molecular complexity index is 487. The smallest absolute Gasteiger partial charge is 0.251 e. The highest BCUT2D eigenvalue weighted by Crippen LogP contribution is 2.38. The molecule has 1 aliphatic carbocycles. The van der Waals surface area contributed by atoms with Gasteiger partial charge in [0.25, 0.3) is 5.91 Å². The number of fused-ring (bicyclic) bond motifs is 1. The molecule has 1 heterocycles. The van der Waals surface area contributed by atoms with E-state index in [1.54, 1.807) is 0 Å². The van der Waals surface area contributed by atoms with Gasteiger partial charge in [-0.1, -0.05) is 44.4 Å². The van der Waals surface area contributed by atoms with E-state index in [1.807, 2.05) is 30.3 Å². The largest absolute Gasteiger partial charge is 0.375 e. The second-order valence-electron chi connectivity index (χ2n) is 6.72. The molecule has 0 aromatic heterocycles. The first kappa shape index (κ1) is 15.5. The zero-order valence-corrected chi connectivity index (χ0v) is 13.5. The van der Waals surface area contributed by atoms with E-state index in [9.17, 15) is 4.79 Å². The Balaban J connectivity index is 1.66. The van der Waals surface area contributed by atoms with E-state index in [4.69, 9.17) is 4.74 Å². The molecule has 1 N–H and O–H groups in total. The van der Waals surface area contributed by atoms with Crippen molar-refractivity contribution in [3.05, 3.63) is 35.9 Å². The molecule has 120 valence electrons. The zero-order valence-electron chi connectivity index (χ0n) is 13.5. The van der Waals surface area contributed by atoms with Gasteiger partial charge in [0, 0.05) is 17.5 Å². The molecule has 3 rings (SSSR count). The van der Waals surface area contributed by atoms with E-state index < -0.39 is 0 Å². The molecule has 1 aromatic carbocycles. The molecule has 1 aromatic rings. The van der Waals surface area contributed by atoms with Crippen molar-refractivity contribution in [3.63, 3.8) is 0 Å². The van der Waals surface area contributed by atoms with Crippen molar-refractivity contribution in [2.75, 3.05) is 0 Å². The number of rotatable bonds is 5. The average Bonchev–Trinajstić information content (AvgIpc) is 3.02. The van der Waals surface area contributed by atoms with Gasteiger partial charge in [0.2, 0.25) is 0 Å². The molecule has 2 aliphatic rings. The van der Waals surface area contributed by atoms with Crippen molar-refractivity contribution in [3.8, 4) is 0 Å². The molecule has 22 heavy (non-hydrogen) atoms. The van der Waals surface area contributed by atoms with Crippen LogP contribution in [0.25, 0.3) is 0 Å². The fourth-order valence-electron chi connectivity index (χ4n) is 3.97. The van der Waals surface area contributed by atoms with Crippen molar-refractivity contribution in [1.29, 1.82) is 0 Å². The molecule has 1 amide bonds. The Hall–Kier alpha value is -1.35. The molecule has 1 aliphatic heterocycles. The number of carbonyl (C=O) groups excluding carboxylic acids is 1. The molecule has 3 nitrogen and oxygen atoms in total. The summed E-state index contributed by atoms with van der Waals surface area (Å²) in [6.45, 7) is 2.22. The van der Waals surface area contributed by atoms with Crippen molar-refractivity contribution < 1.29 is 9.53 Å². The number of ether oxygens (including phenoxy) is 1. The third kappa shape index (κ3) is 3.52. The van der Waals surface area contributed by atoms with Gasteiger partial charge in [-0.15, -0.1) is 0 Å². The van der Waals surface area contributed by atoms with E-state index in [2.05, 4.69) is 12.2 Å². The molecule has 2 fully saturated rings. The predicted molar refractivity (Wildman–Crippen MR) is 87.8 cm³/mol. The second kappa shape index (κ2) is 7.28. The van der Waals surface area contributed by atoms with E-state index >= 15 is 0 Å². The maximum atomic E-state index is 12.5. The lowest BCUT2D eigenvalue weighted by Crippen LogP contribution is -2.50. The summed E-state index contributed by atoms with van der Waals surface area (Å²) in [5, 5.41) is 3.29. The summed E-state index contributed by atoms with van der Waals surface area (Å²) in [4.78, 5) is 12.5. The quantitative estimate of drug-likeness (QED) is 0.895. The van der Waals surface area contributed by atoms with Crippen LogP contribution in [0.4, 0.5) is 0 Å². The number of hydrogen-bond acceptors (Lipinski definition) is 2. The second-order valence-corrected chi connectivity index (χ2v) is 6.72. The van der Waals surface area contributed by atoms with Crippen molar-refractivity contribution in [2.45, 2.75) is 70.1 Å². The average molecular weight is 301 g/mol. The van der Waals surface area contributed by atoms with Gasteiger partial charge in [-0.25, -0.2) is 0 Å². The summed E-state index contributed by atoms with van der Waals surface area (Å²) in [7, 11) is 0. The first-order valence-electron chi connectivity index (χ1n) is 8.79. The monoisotopic (exact) mass is 301 g/mol. The van der Waals surface area contributed by atoms with Crippen molar-refractivity contribution in [2.24, 2.45) is 5.92 Å². The van der Waals surface area contributed by atoms with Gasteiger partial charge >= 0.3 is 0 Å². The fraction of sp³-hybridized carbons (Fsp3) is 0.632. The molecule has 4 atom stereocenters. The highest BCUT2D eigenvalue weighted by atomic mass is 16.5. The molecular formula is C19H27NO2. The molecule has 3 heteroatoms. The Kier molecular flexibility index (Phi) is 5.14. The summed E-state index contributed by atoms with van der Waals surface area (Å²) in [6, 6.07) is 9.82. The highest BCUT2D eigenvalue weighted by Gasteiger charge is 2.41. The lowest BCUT2D eigenvalue weighted by atomic mass is 9.86. The van der Waals surface area contributed by atoms with Crippen LogP contribution >= 0.6 is 0 Å². The SMILES string of the molecule is CCCC[C@H]1C[C@@H](NC(=O)c2ccccc2)[C@@H]2CCC[C@H]2O1. The summed E-state index contributed by atoms with van der Waals surface area (Å²) in [5.41, 5.74) is 0.758. The van der Waals surface area contributed by atoms with E-state index in [1.165, 1.54) is 25.7 Å². The van der Waals surface area contributed by atoms with Crippen molar-refractivity contribution in [1.82, 2.24) is 5.32 Å². The summed E-state index contributed by atoms with van der Waals surface area (Å²) in [6.07, 6.45) is 8.76. The minimum atomic E-state index is 0.0624. The van der Waals surface area contributed by atoms with Crippen LogP contribution < -0.4 is 5.32 Å². The molecule has 1 saturated heterocycles. The van der Waals surface area contributed by atoms with E-state index in [-0.39, 0.29) is 11.9 Å². The fourth-order valence-corrected chi connectivity index (χ4v) is 3.97. The normalized spacial score (nSPS) is 30.8. The third-order valence-electron chi connectivity index (χ3n) is 5.14. The Morgan fingerprint density at radius 1 is 1.27 bits per heavy atom. The van der Waals surface area contributed by atoms with Crippen LogP contribution in [-0.4, -0.2) is 24.2 Å². The van der Waals surface area contributed by atoms with Gasteiger partial charge in [-0.05, 0) is 37.8 Å². The number of hydrogen-bond donors (Lipinski definition) is 1. The number of nitrogens with one attached hydrogen (secondary N) is 1. The topological polar surface area (TPSA) is 38.3 Å². The maximum absolute atomic E-state index is 12.5. The molecule has 0 bridgehead atoms. The Morgan fingerprint density at radius 3 is 2.86 bits per heavy atom. The molecule has 1 saturated carbocycles. The zero-order chi connectivity index (χ0) is 15.4. The number of amides is 1.